The maximum absolute atomic E-state index is 11.9. The van der Waals surface area contributed by atoms with Crippen LogP contribution in [0.5, 0.6) is 0 Å². The van der Waals surface area contributed by atoms with E-state index in [0.717, 1.165) is 6.42 Å². The van der Waals surface area contributed by atoms with Gasteiger partial charge in [0, 0.05) is 26.8 Å². The first-order chi connectivity index (χ1) is 7.51. The highest BCUT2D eigenvalue weighted by atomic mass is 32.2. The number of rotatable bonds is 5. The minimum absolute atomic E-state index is 0.0161. The van der Waals surface area contributed by atoms with Crippen molar-refractivity contribution in [2.45, 2.75) is 25.9 Å². The quantitative estimate of drug-likeness (QED) is 0.750. The standard InChI is InChI=1S/C10H21NO4S/c1-9-4-5-11(8-10(9)15-2)16(13,14)7-3-6-12/h9-10,12H,3-8H2,1-2H3. The molecule has 1 aliphatic rings. The van der Waals surface area contributed by atoms with Crippen LogP contribution in [-0.4, -0.2) is 56.5 Å². The topological polar surface area (TPSA) is 66.8 Å². The van der Waals surface area contributed by atoms with Crippen LogP contribution in [0, 0.1) is 5.92 Å². The van der Waals surface area contributed by atoms with Gasteiger partial charge < -0.3 is 9.84 Å². The molecule has 0 aromatic rings. The van der Waals surface area contributed by atoms with Crippen molar-refractivity contribution < 1.29 is 18.3 Å². The third-order valence-corrected chi connectivity index (χ3v) is 5.03. The van der Waals surface area contributed by atoms with E-state index < -0.39 is 10.0 Å². The molecule has 0 saturated carbocycles. The smallest absolute Gasteiger partial charge is 0.214 e. The molecule has 5 nitrogen and oxygen atoms in total. The van der Waals surface area contributed by atoms with Crippen molar-refractivity contribution in [3.05, 3.63) is 0 Å². The molecule has 0 spiro atoms. The van der Waals surface area contributed by atoms with Gasteiger partial charge in [-0.15, -0.1) is 0 Å². The summed E-state index contributed by atoms with van der Waals surface area (Å²) in [5.41, 5.74) is 0. The van der Waals surface area contributed by atoms with Crippen LogP contribution < -0.4 is 0 Å². The van der Waals surface area contributed by atoms with E-state index in [9.17, 15) is 8.42 Å². The van der Waals surface area contributed by atoms with Crippen LogP contribution >= 0.6 is 0 Å². The highest BCUT2D eigenvalue weighted by molar-refractivity contribution is 7.89. The number of aliphatic hydroxyl groups excluding tert-OH is 1. The van der Waals surface area contributed by atoms with Gasteiger partial charge in [-0.05, 0) is 18.8 Å². The zero-order valence-electron chi connectivity index (χ0n) is 9.92. The van der Waals surface area contributed by atoms with Gasteiger partial charge in [-0.3, -0.25) is 0 Å². The first-order valence-corrected chi connectivity index (χ1v) is 7.23. The lowest BCUT2D eigenvalue weighted by molar-refractivity contribution is 0.0183. The molecular formula is C10H21NO4S. The molecular weight excluding hydrogens is 230 g/mol. The molecule has 96 valence electrons. The minimum Gasteiger partial charge on any atom is -0.396 e. The number of hydrogen-bond acceptors (Lipinski definition) is 4. The summed E-state index contributed by atoms with van der Waals surface area (Å²) in [5, 5.41) is 8.66. The molecule has 1 N–H and O–H groups in total. The Morgan fingerprint density at radius 2 is 2.19 bits per heavy atom. The highest BCUT2D eigenvalue weighted by Crippen LogP contribution is 2.21. The fourth-order valence-corrected chi connectivity index (χ4v) is 3.45. The van der Waals surface area contributed by atoms with Crippen LogP contribution in [0.1, 0.15) is 19.8 Å². The predicted molar refractivity (Wildman–Crippen MR) is 61.6 cm³/mol. The summed E-state index contributed by atoms with van der Waals surface area (Å²) < 4.78 is 30.5. The van der Waals surface area contributed by atoms with Crippen molar-refractivity contribution in [3.8, 4) is 0 Å². The molecule has 1 fully saturated rings. The summed E-state index contributed by atoms with van der Waals surface area (Å²) in [5.74, 6) is 0.420. The normalized spacial score (nSPS) is 28.2. The van der Waals surface area contributed by atoms with Crippen molar-refractivity contribution in [3.63, 3.8) is 0 Å². The first kappa shape index (κ1) is 13.9. The van der Waals surface area contributed by atoms with Gasteiger partial charge in [-0.1, -0.05) is 6.92 Å². The van der Waals surface area contributed by atoms with Gasteiger partial charge in [-0.2, -0.15) is 4.31 Å². The maximum atomic E-state index is 11.9. The van der Waals surface area contributed by atoms with E-state index >= 15 is 0 Å². The number of ether oxygens (including phenoxy) is 1. The molecule has 2 unspecified atom stereocenters. The fraction of sp³-hybridized carbons (Fsp3) is 1.00. The summed E-state index contributed by atoms with van der Waals surface area (Å²) >= 11 is 0. The van der Waals surface area contributed by atoms with Gasteiger partial charge in [0.25, 0.3) is 0 Å². The summed E-state index contributed by atoms with van der Waals surface area (Å²) in [6, 6.07) is 0. The molecule has 0 radical (unpaired) electrons. The molecule has 1 heterocycles. The molecule has 1 rings (SSSR count). The minimum atomic E-state index is -3.22. The van der Waals surface area contributed by atoms with Crippen molar-refractivity contribution >= 4 is 10.0 Å². The molecule has 0 aliphatic carbocycles. The largest absolute Gasteiger partial charge is 0.396 e. The van der Waals surface area contributed by atoms with E-state index in [4.69, 9.17) is 9.84 Å². The van der Waals surface area contributed by atoms with Crippen LogP contribution in [0.25, 0.3) is 0 Å². The second-order valence-electron chi connectivity index (χ2n) is 4.29. The third kappa shape index (κ3) is 3.41. The van der Waals surface area contributed by atoms with Crippen molar-refractivity contribution in [1.82, 2.24) is 4.31 Å². The maximum Gasteiger partial charge on any atom is 0.214 e. The van der Waals surface area contributed by atoms with E-state index in [1.54, 1.807) is 7.11 Å². The lowest BCUT2D eigenvalue weighted by Crippen LogP contribution is -2.47. The van der Waals surface area contributed by atoms with Gasteiger partial charge >= 0.3 is 0 Å². The SMILES string of the molecule is COC1CN(S(=O)(=O)CCCO)CCC1C. The fourth-order valence-electron chi connectivity index (χ4n) is 1.94. The van der Waals surface area contributed by atoms with Crippen LogP contribution in [0.3, 0.4) is 0 Å². The number of hydrogen-bond donors (Lipinski definition) is 1. The Morgan fingerprint density at radius 3 is 2.75 bits per heavy atom. The number of aliphatic hydroxyl groups is 1. The van der Waals surface area contributed by atoms with Crippen LogP contribution in [0.4, 0.5) is 0 Å². The number of nitrogens with zero attached hydrogens (tertiary/aromatic N) is 1. The Kier molecular flexibility index (Phi) is 5.17. The Labute approximate surface area is 97.4 Å². The second kappa shape index (κ2) is 5.95. The van der Waals surface area contributed by atoms with Crippen molar-refractivity contribution in [1.29, 1.82) is 0 Å². The molecule has 0 bridgehead atoms. The van der Waals surface area contributed by atoms with Crippen molar-refractivity contribution in [2.75, 3.05) is 32.6 Å². The lowest BCUT2D eigenvalue weighted by Gasteiger charge is -2.35. The van der Waals surface area contributed by atoms with Crippen LogP contribution in [0.2, 0.25) is 0 Å². The molecule has 6 heteroatoms. The summed E-state index contributed by atoms with van der Waals surface area (Å²) in [7, 11) is -1.60. The zero-order valence-corrected chi connectivity index (χ0v) is 10.7. The first-order valence-electron chi connectivity index (χ1n) is 5.62. The molecule has 2 atom stereocenters. The van der Waals surface area contributed by atoms with E-state index in [1.165, 1.54) is 4.31 Å². The van der Waals surface area contributed by atoms with Gasteiger partial charge in [0.1, 0.15) is 0 Å². The molecule has 1 saturated heterocycles. The lowest BCUT2D eigenvalue weighted by atomic mass is 9.97. The number of piperidine rings is 1. The number of methoxy groups -OCH3 is 1. The Hall–Kier alpha value is -0.170. The average molecular weight is 251 g/mol. The van der Waals surface area contributed by atoms with E-state index in [1.807, 2.05) is 0 Å². The van der Waals surface area contributed by atoms with Gasteiger partial charge in [0.2, 0.25) is 10.0 Å². The van der Waals surface area contributed by atoms with Crippen molar-refractivity contribution in [2.24, 2.45) is 5.92 Å². The average Bonchev–Trinajstić information content (AvgIpc) is 2.27. The summed E-state index contributed by atoms with van der Waals surface area (Å²) in [4.78, 5) is 0. The summed E-state index contributed by atoms with van der Waals surface area (Å²) in [6.45, 7) is 2.99. The van der Waals surface area contributed by atoms with Gasteiger partial charge in [0.15, 0.2) is 0 Å². The van der Waals surface area contributed by atoms with E-state index in [-0.39, 0.29) is 18.5 Å². The third-order valence-electron chi connectivity index (χ3n) is 3.11. The molecule has 0 amide bonds. The van der Waals surface area contributed by atoms with Crippen LogP contribution in [0.15, 0.2) is 0 Å². The molecule has 1 aliphatic heterocycles. The highest BCUT2D eigenvalue weighted by Gasteiger charge is 2.32. The molecule has 16 heavy (non-hydrogen) atoms. The van der Waals surface area contributed by atoms with Crippen LogP contribution in [-0.2, 0) is 14.8 Å². The van der Waals surface area contributed by atoms with E-state index in [2.05, 4.69) is 6.92 Å². The van der Waals surface area contributed by atoms with Gasteiger partial charge in [-0.25, -0.2) is 8.42 Å². The van der Waals surface area contributed by atoms with E-state index in [0.29, 0.717) is 25.4 Å². The second-order valence-corrected chi connectivity index (χ2v) is 6.38. The predicted octanol–water partition coefficient (Wildman–Crippen LogP) is 0.0554. The Bertz CT molecular complexity index is 304. The monoisotopic (exact) mass is 251 g/mol. The number of sulfonamides is 1. The molecule has 0 aromatic heterocycles. The molecule has 0 aromatic carbocycles. The van der Waals surface area contributed by atoms with Gasteiger partial charge in [0.05, 0.1) is 11.9 Å². The Morgan fingerprint density at radius 1 is 1.50 bits per heavy atom. The Balaban J connectivity index is 2.60. The summed E-state index contributed by atoms with van der Waals surface area (Å²) in [6.07, 6.45) is 1.11. The zero-order chi connectivity index (χ0) is 12.2.